The highest BCUT2D eigenvalue weighted by atomic mass is 32.2. The third kappa shape index (κ3) is 28.0. The number of carbonyl (C=O) groups excluding carboxylic acids is 5. The van der Waals surface area contributed by atoms with Crippen molar-refractivity contribution in [3.8, 4) is 23.0 Å². The smallest absolute Gasteiger partial charge is 0.332 e. The number of rotatable bonds is 13. The second-order valence-corrected chi connectivity index (χ2v) is 23.2. The Kier molecular flexibility index (Phi) is 33.2. The van der Waals surface area contributed by atoms with Crippen LogP contribution in [0.1, 0.15) is 108 Å². The van der Waals surface area contributed by atoms with Crippen LogP contribution in [0.4, 0.5) is 27.2 Å². The summed E-state index contributed by atoms with van der Waals surface area (Å²) in [5, 5.41) is 12.0. The van der Waals surface area contributed by atoms with Crippen molar-refractivity contribution in [1.82, 2.24) is 10.9 Å². The number of halogens is 4. The molecule has 0 radical (unpaired) electrons. The molecule has 4 aliphatic carbocycles. The predicted molar refractivity (Wildman–Crippen MR) is 322 cm³/mol. The summed E-state index contributed by atoms with van der Waals surface area (Å²) in [6.45, 7) is 1.93. The molecule has 0 aliphatic heterocycles. The number of esters is 2. The summed E-state index contributed by atoms with van der Waals surface area (Å²) in [5.74, 6) is 5.53. The number of phenolic OH excluding ortho intramolecular Hbond substituents is 1. The van der Waals surface area contributed by atoms with Crippen LogP contribution < -0.4 is 42.4 Å². The first-order valence-corrected chi connectivity index (χ1v) is 30.1. The van der Waals surface area contributed by atoms with E-state index in [1.165, 1.54) is 74.9 Å². The molecule has 0 atom stereocenters. The summed E-state index contributed by atoms with van der Waals surface area (Å²) in [6.07, 6.45) is 15.9. The van der Waals surface area contributed by atoms with Gasteiger partial charge >= 0.3 is 24.0 Å². The van der Waals surface area contributed by atoms with Gasteiger partial charge in [0.1, 0.15) is 52.6 Å². The summed E-state index contributed by atoms with van der Waals surface area (Å²) in [4.78, 5) is 53.6. The molecule has 4 saturated carbocycles. The second-order valence-electron chi connectivity index (χ2n) is 21.0. The van der Waals surface area contributed by atoms with E-state index in [1.807, 2.05) is 19.1 Å². The van der Waals surface area contributed by atoms with Crippen LogP contribution in [0.3, 0.4) is 0 Å². The lowest BCUT2D eigenvalue weighted by atomic mass is 9.87. The number of hydrazine groups is 1. The lowest BCUT2D eigenvalue weighted by molar-refractivity contribution is -0.147. The maximum Gasteiger partial charge on any atom is 0.332 e. The minimum Gasteiger partial charge on any atom is -0.508 e. The largest absolute Gasteiger partial charge is 0.508 e. The number of hydrogen-bond acceptors (Lipinski definition) is 15. The van der Waals surface area contributed by atoms with Gasteiger partial charge in [0.15, 0.2) is 9.84 Å². The molecule has 0 heterocycles. The van der Waals surface area contributed by atoms with Crippen LogP contribution in [0.2, 0.25) is 0 Å². The number of nitrogens with two attached hydrogens (primary N) is 3. The monoisotopic (exact) mass is 1250 g/mol. The van der Waals surface area contributed by atoms with Gasteiger partial charge < -0.3 is 50.5 Å². The van der Waals surface area contributed by atoms with E-state index in [9.17, 15) is 50.0 Å². The molecule has 9 rings (SSSR count). The number of methoxy groups -OCH3 is 2. The molecule has 0 bridgehead atoms. The minimum absolute atomic E-state index is 0. The van der Waals surface area contributed by atoms with E-state index in [2.05, 4.69) is 22.1 Å². The Balaban J connectivity index is 0.000000287. The Morgan fingerprint density at radius 2 is 0.852 bits per heavy atom. The number of benzene rings is 5. The summed E-state index contributed by atoms with van der Waals surface area (Å²) in [6, 6.07) is 28.7. The molecule has 11 N–H and O–H groups in total. The number of nitrogens with one attached hydrogen (secondary N) is 2. The molecule has 5 aromatic rings. The van der Waals surface area contributed by atoms with Gasteiger partial charge in [0.05, 0.1) is 54.5 Å². The maximum absolute atomic E-state index is 12.8. The average molecular weight is 1260 g/mol. The number of hydrazone groups is 1. The van der Waals surface area contributed by atoms with Crippen molar-refractivity contribution >= 4 is 46.3 Å². The van der Waals surface area contributed by atoms with Crippen LogP contribution >= 0.6 is 0 Å². The Morgan fingerprint density at radius 1 is 0.523 bits per heavy atom. The van der Waals surface area contributed by atoms with E-state index >= 15 is 0 Å². The predicted octanol–water partition coefficient (Wildman–Crippen LogP) is 10.1. The molecule has 88 heavy (non-hydrogen) atoms. The molecule has 0 saturated heterocycles. The van der Waals surface area contributed by atoms with Crippen LogP contribution in [0.15, 0.2) is 131 Å². The Bertz CT molecular complexity index is 2950. The number of aromatic hydroxyl groups is 1. The SMILES string of the molecule is COC(=O)C1CCC(Oc2ccc(F)cc2)CC1.COC(=O)C1CCC(S(=O)(=O)c2ccc(C)cc2)CC1.NC(=O)N/N=C/C1CCC(Oc2ccc(F)cc2)CC1.NNC(N)=O.O.O=CC1CCC(Oc2ccc(F)cc2)CC1.Oc1ccc(F)cc1. The fraction of sp³-hybridized carbons (Fsp3) is 0.429. The molecular weight excluding hydrogens is 1170 g/mol. The highest BCUT2D eigenvalue weighted by Crippen LogP contribution is 2.34. The van der Waals surface area contributed by atoms with Gasteiger partial charge in [-0.2, -0.15) is 5.10 Å². The van der Waals surface area contributed by atoms with E-state index in [-0.39, 0.29) is 87.7 Å². The standard InChI is InChI=1S/C15H20O4S.C14H18FN3O2.C14H17FO3.C13H15FO2.C6H5FO.CH5N3O.H2O/c1-11-3-7-13(8-4-11)20(17,18)14-9-5-12(6-10-14)15(16)19-2;15-11-3-7-13(8-4-11)20-12-5-1-10(2-6-12)9-17-18-14(16)19;1-17-14(16)10-2-6-12(7-3-10)18-13-8-4-11(15)5-9-13;14-11-3-7-13(8-4-11)16-12-5-1-10(9-15)2-6-12;7-5-1-3-6(8)4-2-5;2-1(5)4-3;/h3-4,7-8,12,14H,5-6,9-10H2,1-2H3;3-4,7-10,12H,1-2,5-6H2,(H3,16,18,19);4-5,8-10,12H,2-3,6-7H2,1H3;3-4,7-10,12H,1-2,5-6H2;1-4,8H;3H2,(H3,2,4,5);1H2/b;17-9+;;;;;. The lowest BCUT2D eigenvalue weighted by Gasteiger charge is -2.27. The lowest BCUT2D eigenvalue weighted by Crippen LogP contribution is -2.34. The number of primary amides is 2. The zero-order chi connectivity index (χ0) is 63.7. The molecule has 4 fully saturated rings. The van der Waals surface area contributed by atoms with Gasteiger partial charge in [-0.05, 0) is 225 Å². The Hall–Kier alpha value is -8.29. The van der Waals surface area contributed by atoms with Gasteiger partial charge in [-0.3, -0.25) is 15.0 Å². The van der Waals surface area contributed by atoms with Crippen molar-refractivity contribution in [1.29, 1.82) is 0 Å². The molecular formula is C63H82F4N6O14S. The maximum atomic E-state index is 12.8. The Morgan fingerprint density at radius 3 is 1.17 bits per heavy atom. The number of aldehydes is 1. The van der Waals surface area contributed by atoms with Crippen molar-refractivity contribution < 1.29 is 84.2 Å². The molecule has 4 aliphatic rings. The number of aryl methyl sites for hydroxylation is 1. The number of phenols is 1. The van der Waals surface area contributed by atoms with Gasteiger partial charge in [0, 0.05) is 12.1 Å². The summed E-state index contributed by atoms with van der Waals surface area (Å²) in [7, 11) is -0.494. The normalized spacial score (nSPS) is 21.0. The van der Waals surface area contributed by atoms with E-state index < -0.39 is 21.9 Å². The molecule has 0 unspecified atom stereocenters. The van der Waals surface area contributed by atoms with Crippen LogP contribution in [-0.4, -0.2) is 93.3 Å². The zero-order valence-electron chi connectivity index (χ0n) is 49.6. The summed E-state index contributed by atoms with van der Waals surface area (Å²) < 4.78 is 102. The highest BCUT2D eigenvalue weighted by molar-refractivity contribution is 7.92. The molecule has 0 aromatic heterocycles. The van der Waals surface area contributed by atoms with E-state index in [0.717, 1.165) is 88.9 Å². The fourth-order valence-electron chi connectivity index (χ4n) is 9.74. The zero-order valence-corrected chi connectivity index (χ0v) is 50.4. The third-order valence-corrected chi connectivity index (χ3v) is 16.9. The Labute approximate surface area is 511 Å². The van der Waals surface area contributed by atoms with E-state index in [4.69, 9.17) is 34.5 Å². The van der Waals surface area contributed by atoms with Gasteiger partial charge in [-0.15, -0.1) is 0 Å². The van der Waals surface area contributed by atoms with E-state index in [0.29, 0.717) is 53.7 Å². The minimum atomic E-state index is -3.29. The number of ether oxygens (including phenoxy) is 5. The first-order valence-electron chi connectivity index (χ1n) is 28.6. The molecule has 4 amide bonds. The quantitative estimate of drug-likeness (QED) is 0.0121. The third-order valence-electron chi connectivity index (χ3n) is 14.6. The van der Waals surface area contributed by atoms with Crippen LogP contribution in [0, 0.1) is 53.9 Å². The van der Waals surface area contributed by atoms with Crippen molar-refractivity contribution in [3.63, 3.8) is 0 Å². The summed E-state index contributed by atoms with van der Waals surface area (Å²) in [5.41, 5.74) is 14.2. The number of carbonyl (C=O) groups is 5. The number of hydrogen-bond donors (Lipinski definition) is 6. The first-order chi connectivity index (χ1) is 41.6. The van der Waals surface area contributed by atoms with Gasteiger partial charge in [0.2, 0.25) is 0 Å². The average Bonchev–Trinajstić information content (AvgIpc) is 3.17. The van der Waals surface area contributed by atoms with Gasteiger partial charge in [-0.1, -0.05) is 17.7 Å². The molecule has 5 aromatic carbocycles. The van der Waals surface area contributed by atoms with Gasteiger partial charge in [-0.25, -0.2) is 46.8 Å². The van der Waals surface area contributed by atoms with Crippen LogP contribution in [0.5, 0.6) is 23.0 Å². The molecule has 25 heteroatoms. The topological polar surface area (TPSA) is 332 Å². The van der Waals surface area contributed by atoms with Crippen LogP contribution in [0.25, 0.3) is 0 Å². The molecule has 20 nitrogen and oxygen atoms in total. The molecule has 0 spiro atoms. The van der Waals surface area contributed by atoms with Gasteiger partial charge in [0.25, 0.3) is 0 Å². The number of amides is 4. The number of nitrogens with zero attached hydrogens (tertiary/aromatic N) is 1. The van der Waals surface area contributed by atoms with Crippen molar-refractivity contribution in [2.45, 2.75) is 138 Å². The number of urea groups is 2. The van der Waals surface area contributed by atoms with Crippen molar-refractivity contribution in [2.24, 2.45) is 46.1 Å². The fourth-order valence-corrected chi connectivity index (χ4v) is 11.5. The summed E-state index contributed by atoms with van der Waals surface area (Å²) >= 11 is 0. The van der Waals surface area contributed by atoms with Crippen LogP contribution in [-0.2, 0) is 33.7 Å². The highest BCUT2D eigenvalue weighted by Gasteiger charge is 2.35. The van der Waals surface area contributed by atoms with E-state index in [1.54, 1.807) is 60.2 Å². The van der Waals surface area contributed by atoms with Crippen molar-refractivity contribution in [2.75, 3.05) is 14.2 Å². The second kappa shape index (κ2) is 39.5. The first kappa shape index (κ1) is 74.0. The van der Waals surface area contributed by atoms with Crippen molar-refractivity contribution in [3.05, 3.63) is 150 Å². The number of sulfone groups is 1. The molecule has 482 valence electrons.